The SMILES string of the molecule is C=CCC(CC=C)C(=O)OC[C@@H](CN1CC2CCCC(C1=O)N2C(=O)C(=O)c1cc(OC)c(OC)c(OC)c1)OCc1ccccc1. The molecule has 47 heavy (non-hydrogen) atoms. The van der Waals surface area contributed by atoms with Crippen molar-refractivity contribution < 1.29 is 42.9 Å². The van der Waals surface area contributed by atoms with Gasteiger partial charge in [0, 0.05) is 12.1 Å². The van der Waals surface area contributed by atoms with Crippen molar-refractivity contribution in [1.29, 1.82) is 0 Å². The number of methoxy groups -OCH3 is 3. The smallest absolute Gasteiger partial charge is 0.309 e. The van der Waals surface area contributed by atoms with Gasteiger partial charge >= 0.3 is 5.97 Å². The Hall–Kier alpha value is -4.64. The number of Topliss-reactive ketones (excluding diaryl/α,β-unsaturated/α-hetero) is 1. The fourth-order valence-corrected chi connectivity index (χ4v) is 6.15. The lowest BCUT2D eigenvalue weighted by Crippen LogP contribution is -2.67. The van der Waals surface area contributed by atoms with Gasteiger partial charge in [-0.05, 0) is 49.8 Å². The maximum Gasteiger partial charge on any atom is 0.309 e. The lowest BCUT2D eigenvalue weighted by atomic mass is 9.89. The Balaban J connectivity index is 1.51. The van der Waals surface area contributed by atoms with E-state index >= 15 is 0 Å². The lowest BCUT2D eigenvalue weighted by molar-refractivity contribution is -0.162. The lowest BCUT2D eigenvalue weighted by Gasteiger charge is -2.49. The van der Waals surface area contributed by atoms with Crippen LogP contribution in [0, 0.1) is 5.92 Å². The van der Waals surface area contributed by atoms with Crippen LogP contribution in [0.3, 0.4) is 0 Å². The highest BCUT2D eigenvalue weighted by Crippen LogP contribution is 2.39. The van der Waals surface area contributed by atoms with E-state index in [0.29, 0.717) is 31.4 Å². The summed E-state index contributed by atoms with van der Waals surface area (Å²) in [5.41, 5.74) is 1.00. The normalized spacial score (nSPS) is 17.9. The minimum absolute atomic E-state index is 0.0577. The summed E-state index contributed by atoms with van der Waals surface area (Å²) in [6, 6.07) is 11.3. The number of rotatable bonds is 17. The van der Waals surface area contributed by atoms with Gasteiger partial charge in [0.05, 0.1) is 46.4 Å². The molecule has 11 heteroatoms. The molecule has 4 rings (SSSR count). The van der Waals surface area contributed by atoms with Crippen LogP contribution in [-0.4, -0.2) is 92.6 Å². The molecule has 2 aliphatic rings. The molecule has 0 aromatic heterocycles. The molecule has 2 unspecified atom stereocenters. The molecule has 2 aliphatic heterocycles. The van der Waals surface area contributed by atoms with Gasteiger partial charge in [0.15, 0.2) is 11.5 Å². The van der Waals surface area contributed by atoms with Crippen molar-refractivity contribution in [3.05, 3.63) is 78.9 Å². The molecule has 2 fully saturated rings. The summed E-state index contributed by atoms with van der Waals surface area (Å²) in [6.45, 7) is 8.04. The molecular weight excluding hydrogens is 604 g/mol. The van der Waals surface area contributed by atoms with E-state index in [2.05, 4.69) is 13.2 Å². The molecular formula is C36H44N2O9. The Morgan fingerprint density at radius 1 is 0.957 bits per heavy atom. The number of nitrogens with zero attached hydrogens (tertiary/aromatic N) is 2. The molecule has 11 nitrogen and oxygen atoms in total. The van der Waals surface area contributed by atoms with E-state index in [1.54, 1.807) is 17.1 Å². The van der Waals surface area contributed by atoms with E-state index in [4.69, 9.17) is 23.7 Å². The number of carbonyl (C=O) groups excluding carboxylic acids is 4. The van der Waals surface area contributed by atoms with Crippen molar-refractivity contribution in [3.63, 3.8) is 0 Å². The van der Waals surface area contributed by atoms with Crippen LogP contribution < -0.4 is 14.2 Å². The zero-order valence-corrected chi connectivity index (χ0v) is 27.4. The maximum absolute atomic E-state index is 13.9. The quantitative estimate of drug-likeness (QED) is 0.107. The standard InChI is InChI=1S/C36H44N2O9/c1-6-12-25(13-7-2)36(42)47-23-28(46-22-24-14-9-8-10-15-24)21-37-20-27-16-11-17-29(34(37)40)38(27)35(41)32(39)26-18-30(43-3)33(45-5)31(19-26)44-4/h6-10,14-15,18-19,25,27-29H,1-2,11-13,16-17,20-23H2,3-5H3/t27?,28-,29?/m1/s1. The van der Waals surface area contributed by atoms with Gasteiger partial charge in [-0.15, -0.1) is 13.2 Å². The zero-order valence-electron chi connectivity index (χ0n) is 27.4. The summed E-state index contributed by atoms with van der Waals surface area (Å²) >= 11 is 0. The number of piperazine rings is 1. The molecule has 0 aliphatic carbocycles. The van der Waals surface area contributed by atoms with Crippen molar-refractivity contribution >= 4 is 23.6 Å². The molecule has 252 valence electrons. The minimum Gasteiger partial charge on any atom is -0.493 e. The van der Waals surface area contributed by atoms with Gasteiger partial charge in [0.25, 0.3) is 11.7 Å². The third kappa shape index (κ3) is 8.40. The summed E-state index contributed by atoms with van der Waals surface area (Å²) in [4.78, 5) is 57.2. The number of hydrogen-bond donors (Lipinski definition) is 0. The van der Waals surface area contributed by atoms with E-state index in [9.17, 15) is 19.2 Å². The van der Waals surface area contributed by atoms with Gasteiger partial charge in [-0.25, -0.2) is 0 Å². The number of carbonyl (C=O) groups is 4. The van der Waals surface area contributed by atoms with E-state index in [-0.39, 0.29) is 61.3 Å². The molecule has 0 saturated carbocycles. The number of allylic oxidation sites excluding steroid dienone is 2. The van der Waals surface area contributed by atoms with Crippen LogP contribution >= 0.6 is 0 Å². The van der Waals surface area contributed by atoms with Crippen LogP contribution in [0.25, 0.3) is 0 Å². The Morgan fingerprint density at radius 2 is 1.62 bits per heavy atom. The van der Waals surface area contributed by atoms with Crippen molar-refractivity contribution in [1.82, 2.24) is 9.80 Å². The molecule has 2 aromatic carbocycles. The largest absolute Gasteiger partial charge is 0.493 e. The predicted octanol–water partition coefficient (Wildman–Crippen LogP) is 4.38. The third-order valence-electron chi connectivity index (χ3n) is 8.53. The van der Waals surface area contributed by atoms with Gasteiger partial charge in [-0.3, -0.25) is 19.2 Å². The number of ether oxygens (including phenoxy) is 5. The number of esters is 1. The number of piperidine rings is 1. The van der Waals surface area contributed by atoms with E-state index in [1.165, 1.54) is 38.4 Å². The van der Waals surface area contributed by atoms with Gasteiger partial charge in [0.2, 0.25) is 11.7 Å². The number of benzene rings is 2. The fourth-order valence-electron chi connectivity index (χ4n) is 6.15. The first-order valence-corrected chi connectivity index (χ1v) is 15.8. The molecule has 2 heterocycles. The van der Waals surface area contributed by atoms with Crippen LogP contribution in [0.1, 0.15) is 48.0 Å². The van der Waals surface area contributed by atoms with Crippen molar-refractivity contribution in [2.24, 2.45) is 5.92 Å². The highest BCUT2D eigenvalue weighted by molar-refractivity contribution is 6.43. The number of hydrogen-bond acceptors (Lipinski definition) is 9. The first-order chi connectivity index (χ1) is 22.8. The van der Waals surface area contributed by atoms with Gasteiger partial charge < -0.3 is 33.5 Å². The van der Waals surface area contributed by atoms with Gasteiger partial charge in [0.1, 0.15) is 18.8 Å². The Kier molecular flexibility index (Phi) is 12.6. The van der Waals surface area contributed by atoms with Crippen LogP contribution in [0.5, 0.6) is 17.2 Å². The maximum atomic E-state index is 13.9. The number of likely N-dealkylation sites (tertiary alicyclic amines) is 1. The monoisotopic (exact) mass is 648 g/mol. The summed E-state index contributed by atoms with van der Waals surface area (Å²) in [7, 11) is 4.30. The average molecular weight is 649 g/mol. The Labute approximate surface area is 276 Å². The average Bonchev–Trinajstić information content (AvgIpc) is 3.10. The number of fused-ring (bicyclic) bond motifs is 2. The summed E-state index contributed by atoms with van der Waals surface area (Å²) in [6.07, 6.45) is 5.42. The fraction of sp³-hybridized carbons (Fsp3) is 0.444. The molecule has 0 spiro atoms. The molecule has 2 saturated heterocycles. The highest BCUT2D eigenvalue weighted by Gasteiger charge is 2.47. The first kappa shape index (κ1) is 35.2. The number of ketones is 1. The molecule has 2 aromatic rings. The second-order valence-corrected chi connectivity index (χ2v) is 11.6. The van der Waals surface area contributed by atoms with E-state index in [1.807, 2.05) is 30.3 Å². The Morgan fingerprint density at radius 3 is 2.21 bits per heavy atom. The molecule has 2 bridgehead atoms. The molecule has 0 radical (unpaired) electrons. The van der Waals surface area contributed by atoms with Crippen LogP contribution in [-0.2, 0) is 30.5 Å². The van der Waals surface area contributed by atoms with Crippen LogP contribution in [0.2, 0.25) is 0 Å². The molecule has 0 N–H and O–H groups in total. The highest BCUT2D eigenvalue weighted by atomic mass is 16.6. The Bertz CT molecular complexity index is 1410. The predicted molar refractivity (Wildman–Crippen MR) is 174 cm³/mol. The number of amides is 2. The summed E-state index contributed by atoms with van der Waals surface area (Å²) in [5.74, 6) is -1.82. The van der Waals surface area contributed by atoms with Gasteiger partial charge in [-0.2, -0.15) is 0 Å². The zero-order chi connectivity index (χ0) is 33.9. The molecule has 3 atom stereocenters. The van der Waals surface area contributed by atoms with Crippen molar-refractivity contribution in [3.8, 4) is 17.2 Å². The van der Waals surface area contributed by atoms with E-state index < -0.39 is 29.8 Å². The van der Waals surface area contributed by atoms with Crippen molar-refractivity contribution in [2.75, 3.05) is 41.0 Å². The van der Waals surface area contributed by atoms with Crippen molar-refractivity contribution in [2.45, 2.75) is 56.9 Å². The first-order valence-electron chi connectivity index (χ1n) is 15.8. The van der Waals surface area contributed by atoms with Crippen LogP contribution in [0.4, 0.5) is 0 Å². The minimum atomic E-state index is -0.803. The van der Waals surface area contributed by atoms with Gasteiger partial charge in [-0.1, -0.05) is 42.5 Å². The van der Waals surface area contributed by atoms with E-state index in [0.717, 1.165) is 12.0 Å². The molecule has 2 amide bonds. The topological polar surface area (TPSA) is 121 Å². The summed E-state index contributed by atoms with van der Waals surface area (Å²) in [5, 5.41) is 0. The second kappa shape index (κ2) is 16.8. The summed E-state index contributed by atoms with van der Waals surface area (Å²) < 4.78 is 28.0. The van der Waals surface area contributed by atoms with Crippen LogP contribution in [0.15, 0.2) is 67.8 Å². The third-order valence-corrected chi connectivity index (χ3v) is 8.53. The second-order valence-electron chi connectivity index (χ2n) is 11.6.